The molecule has 158 valence electrons. The molecule has 0 aliphatic carbocycles. The van der Waals surface area contributed by atoms with E-state index in [-0.39, 0.29) is 4.90 Å². The highest BCUT2D eigenvalue weighted by molar-refractivity contribution is 7.99. The first-order valence-corrected chi connectivity index (χ1v) is 11.6. The van der Waals surface area contributed by atoms with Crippen LogP contribution in [0, 0.1) is 13.8 Å². The molecule has 2 unspecified atom stereocenters. The van der Waals surface area contributed by atoms with Crippen LogP contribution in [0.2, 0.25) is 0 Å². The van der Waals surface area contributed by atoms with Gasteiger partial charge in [-0.15, -0.1) is 0 Å². The van der Waals surface area contributed by atoms with Crippen LogP contribution in [0.1, 0.15) is 17.8 Å². The first-order valence-electron chi connectivity index (χ1n) is 10.1. The van der Waals surface area contributed by atoms with E-state index in [2.05, 4.69) is 29.9 Å². The standard InChI is InChI=1S/C19H29N7O2S/c1-14-19(15(2)24(3)22-14)23-29(27,28)17-4-5-18(21-12-17)26-9-6-16(13-26)25-10-7-20-8-11-25/h4-5,12,16,20H,6-11,13H2,1-3H3,(H-,23,27,28)/p+1. The number of piperazine rings is 1. The normalized spacial score (nSPS) is 22.6. The van der Waals surface area contributed by atoms with Crippen LogP contribution < -0.4 is 14.9 Å². The predicted octanol–water partition coefficient (Wildman–Crippen LogP) is 1.27. The van der Waals surface area contributed by atoms with Crippen molar-refractivity contribution in [3.63, 3.8) is 0 Å². The molecule has 0 radical (unpaired) electrons. The van der Waals surface area contributed by atoms with Crippen molar-refractivity contribution in [1.82, 2.24) is 25.0 Å². The zero-order valence-electron chi connectivity index (χ0n) is 17.3. The van der Waals surface area contributed by atoms with Gasteiger partial charge in [0.1, 0.15) is 11.5 Å². The summed E-state index contributed by atoms with van der Waals surface area (Å²) in [5.74, 6) is 0.857. The number of anilines is 2. The summed E-state index contributed by atoms with van der Waals surface area (Å²) in [5.41, 5.74) is 2.08. The Hall–Kier alpha value is -2.01. The van der Waals surface area contributed by atoms with E-state index in [1.807, 2.05) is 27.0 Å². The third kappa shape index (κ3) is 4.16. The Morgan fingerprint density at radius 2 is 2.00 bits per heavy atom. The predicted molar refractivity (Wildman–Crippen MR) is 115 cm³/mol. The van der Waals surface area contributed by atoms with Gasteiger partial charge in [-0.3, -0.25) is 9.58 Å². The number of nitrogens with one attached hydrogen (secondary N) is 2. The number of pyridine rings is 1. The maximum Gasteiger partial charge on any atom is 0.347 e. The quantitative estimate of drug-likeness (QED) is 0.627. The fraction of sp³-hybridized carbons (Fsp3) is 0.579. The second-order valence-corrected chi connectivity index (χ2v) is 9.55. The third-order valence-corrected chi connectivity index (χ3v) is 7.31. The molecule has 2 atom stereocenters. The van der Waals surface area contributed by atoms with Crippen LogP contribution in [0.25, 0.3) is 0 Å². The Balaban J connectivity index is 1.44. The molecule has 2 aliphatic heterocycles. The summed E-state index contributed by atoms with van der Waals surface area (Å²) in [4.78, 5) is 9.57. The molecule has 0 aromatic carbocycles. The molecular weight excluding hydrogens is 390 g/mol. The summed E-state index contributed by atoms with van der Waals surface area (Å²) in [7, 11) is -1.65. The Labute approximate surface area is 172 Å². The van der Waals surface area contributed by atoms with Crippen LogP contribution in [0.15, 0.2) is 23.2 Å². The largest absolute Gasteiger partial charge is 0.355 e. The second kappa shape index (κ2) is 8.02. The highest BCUT2D eigenvalue weighted by atomic mass is 32.3. The van der Waals surface area contributed by atoms with Gasteiger partial charge in [0.05, 0.1) is 17.6 Å². The average molecular weight is 421 g/mol. The van der Waals surface area contributed by atoms with E-state index in [1.165, 1.54) is 6.20 Å². The molecule has 3 N–H and O–H groups in total. The Morgan fingerprint density at radius 3 is 2.62 bits per heavy atom. The number of aromatic nitrogens is 3. The number of nitrogens with zero attached hydrogens (tertiary/aromatic N) is 5. The topological polar surface area (TPSA) is 98.5 Å². The first-order chi connectivity index (χ1) is 13.8. The van der Waals surface area contributed by atoms with Crippen LogP contribution in [-0.2, 0) is 21.7 Å². The van der Waals surface area contributed by atoms with Crippen molar-refractivity contribution >= 4 is 21.9 Å². The molecule has 10 heteroatoms. The van der Waals surface area contributed by atoms with E-state index in [1.54, 1.807) is 10.7 Å². The van der Waals surface area contributed by atoms with Gasteiger partial charge >= 0.3 is 10.4 Å². The lowest BCUT2D eigenvalue weighted by molar-refractivity contribution is 0.185. The summed E-state index contributed by atoms with van der Waals surface area (Å²) in [6.07, 6.45) is 2.63. The number of hydrogen-bond donors (Lipinski definition) is 3. The third-order valence-electron chi connectivity index (χ3n) is 5.94. The van der Waals surface area contributed by atoms with Gasteiger partial charge in [-0.2, -0.15) is 14.4 Å². The maximum atomic E-state index is 12.9. The Bertz CT molecular complexity index is 908. The number of rotatable bonds is 5. The van der Waals surface area contributed by atoms with Crippen molar-refractivity contribution in [3.05, 3.63) is 29.7 Å². The minimum absolute atomic E-state index is 0.266. The zero-order valence-corrected chi connectivity index (χ0v) is 18.1. The molecule has 2 fully saturated rings. The van der Waals surface area contributed by atoms with Gasteiger partial charge in [-0.05, 0) is 30.5 Å². The van der Waals surface area contributed by atoms with E-state index in [4.69, 9.17) is 0 Å². The molecular formula is C19H30N7O2S+. The maximum absolute atomic E-state index is 12.9. The van der Waals surface area contributed by atoms with Crippen LogP contribution in [0.3, 0.4) is 0 Å². The minimum Gasteiger partial charge on any atom is -0.355 e. The lowest BCUT2D eigenvalue weighted by Crippen LogP contribution is -2.49. The summed E-state index contributed by atoms with van der Waals surface area (Å²) in [5, 5.41) is 7.68. The molecule has 0 spiro atoms. The average Bonchev–Trinajstić information content (AvgIpc) is 3.30. The van der Waals surface area contributed by atoms with Crippen LogP contribution in [0.5, 0.6) is 0 Å². The SMILES string of the molecule is Cc1nn(C)c(C)c1N[S+](=O)(O)c1ccc(N2CCC(N3CCNCC3)C2)nc1. The molecule has 2 aliphatic rings. The van der Waals surface area contributed by atoms with Crippen LogP contribution >= 0.6 is 0 Å². The van der Waals surface area contributed by atoms with Crippen molar-refractivity contribution in [2.75, 3.05) is 48.9 Å². The van der Waals surface area contributed by atoms with Gasteiger partial charge in [0.2, 0.25) is 4.90 Å². The smallest absolute Gasteiger partial charge is 0.347 e. The lowest BCUT2D eigenvalue weighted by Gasteiger charge is -2.32. The zero-order chi connectivity index (χ0) is 20.6. The number of aryl methyl sites for hydroxylation is 2. The molecule has 0 amide bonds. The van der Waals surface area contributed by atoms with E-state index < -0.39 is 10.4 Å². The van der Waals surface area contributed by atoms with Crippen molar-refractivity contribution in [1.29, 1.82) is 0 Å². The molecule has 9 nitrogen and oxygen atoms in total. The Morgan fingerprint density at radius 1 is 1.24 bits per heavy atom. The molecule has 0 bridgehead atoms. The molecule has 2 aromatic rings. The van der Waals surface area contributed by atoms with Gasteiger partial charge in [-0.25, -0.2) is 4.98 Å². The van der Waals surface area contributed by atoms with Gasteiger partial charge in [0.15, 0.2) is 0 Å². The molecule has 4 rings (SSSR count). The minimum atomic E-state index is -3.46. The fourth-order valence-electron chi connectivity index (χ4n) is 4.14. The van der Waals surface area contributed by atoms with Gasteiger partial charge in [-0.1, -0.05) is 0 Å². The van der Waals surface area contributed by atoms with Crippen LogP contribution in [0.4, 0.5) is 11.5 Å². The molecule has 0 saturated carbocycles. The van der Waals surface area contributed by atoms with E-state index in [0.29, 0.717) is 17.4 Å². The summed E-state index contributed by atoms with van der Waals surface area (Å²) >= 11 is 0. The van der Waals surface area contributed by atoms with Crippen molar-refractivity contribution in [2.24, 2.45) is 7.05 Å². The Kier molecular flexibility index (Phi) is 5.60. The lowest BCUT2D eigenvalue weighted by atomic mass is 10.2. The highest BCUT2D eigenvalue weighted by Gasteiger charge is 2.34. The molecule has 2 saturated heterocycles. The summed E-state index contributed by atoms with van der Waals surface area (Å²) < 4.78 is 27.9. The molecule has 29 heavy (non-hydrogen) atoms. The number of hydrogen-bond acceptors (Lipinski definition) is 6. The van der Waals surface area contributed by atoms with Crippen molar-refractivity contribution < 1.29 is 8.76 Å². The molecule has 4 heterocycles. The van der Waals surface area contributed by atoms with E-state index in [9.17, 15) is 8.76 Å². The van der Waals surface area contributed by atoms with Gasteiger partial charge in [0.25, 0.3) is 0 Å². The highest BCUT2D eigenvalue weighted by Crippen LogP contribution is 2.27. The monoisotopic (exact) mass is 420 g/mol. The van der Waals surface area contributed by atoms with E-state index >= 15 is 0 Å². The van der Waals surface area contributed by atoms with Gasteiger partial charge in [0, 0.05) is 58.4 Å². The summed E-state index contributed by atoms with van der Waals surface area (Å²) in [6, 6.07) is 4.09. The van der Waals surface area contributed by atoms with Crippen molar-refractivity contribution in [3.8, 4) is 0 Å². The van der Waals surface area contributed by atoms with Gasteiger partial charge < -0.3 is 10.2 Å². The molecule has 2 aromatic heterocycles. The van der Waals surface area contributed by atoms with E-state index in [0.717, 1.165) is 57.2 Å². The first kappa shape index (κ1) is 20.3. The summed E-state index contributed by atoms with van der Waals surface area (Å²) in [6.45, 7) is 9.88. The fourth-order valence-corrected chi connectivity index (χ4v) is 5.28. The van der Waals surface area contributed by atoms with Crippen LogP contribution in [-0.4, -0.2) is 69.5 Å². The van der Waals surface area contributed by atoms with Crippen molar-refractivity contribution in [2.45, 2.75) is 31.2 Å². The second-order valence-electron chi connectivity index (χ2n) is 7.82.